The van der Waals surface area contributed by atoms with E-state index in [-0.39, 0.29) is 17.6 Å². The maximum atomic E-state index is 12.2. The fourth-order valence-corrected chi connectivity index (χ4v) is 2.64. The molecule has 2 aromatic rings. The van der Waals surface area contributed by atoms with E-state index in [0.717, 1.165) is 18.4 Å². The number of rotatable bonds is 4. The highest BCUT2D eigenvalue weighted by Crippen LogP contribution is 2.45. The third-order valence-electron chi connectivity index (χ3n) is 4.08. The van der Waals surface area contributed by atoms with Gasteiger partial charge in [-0.15, -0.1) is 0 Å². The Morgan fingerprint density at radius 1 is 1.00 bits per heavy atom. The predicted octanol–water partition coefficient (Wildman–Crippen LogP) is 3.74. The van der Waals surface area contributed by atoms with E-state index in [1.54, 1.807) is 0 Å². The van der Waals surface area contributed by atoms with Crippen LogP contribution in [0.3, 0.4) is 0 Å². The average molecular weight is 280 g/mol. The quantitative estimate of drug-likeness (QED) is 0.880. The van der Waals surface area contributed by atoms with Crippen molar-refractivity contribution in [2.24, 2.45) is 0 Å². The van der Waals surface area contributed by atoms with Crippen molar-refractivity contribution in [2.75, 3.05) is 0 Å². The summed E-state index contributed by atoms with van der Waals surface area (Å²) in [6, 6.07) is 20.1. The summed E-state index contributed by atoms with van der Waals surface area (Å²) in [6.45, 7) is 2.00. The molecule has 2 N–H and O–H groups in total. The first-order chi connectivity index (χ1) is 10.2. The Morgan fingerprint density at radius 3 is 2.14 bits per heavy atom. The Hall–Kier alpha value is -2.29. The zero-order valence-corrected chi connectivity index (χ0v) is 12.2. The predicted molar refractivity (Wildman–Crippen MR) is 83.9 cm³/mol. The van der Waals surface area contributed by atoms with Gasteiger partial charge in [-0.05, 0) is 30.9 Å². The summed E-state index contributed by atoms with van der Waals surface area (Å²) in [7, 11) is 0. The zero-order chi connectivity index (χ0) is 14.7. The van der Waals surface area contributed by atoms with Gasteiger partial charge in [0, 0.05) is 0 Å². The van der Waals surface area contributed by atoms with Gasteiger partial charge in [0.1, 0.15) is 0 Å². The van der Waals surface area contributed by atoms with Crippen molar-refractivity contribution in [3.05, 3.63) is 71.8 Å². The molecule has 1 aliphatic rings. The lowest BCUT2D eigenvalue weighted by atomic mass is 10.1. The number of amides is 2. The minimum atomic E-state index is -0.165. The van der Waals surface area contributed by atoms with Crippen LogP contribution in [0.4, 0.5) is 4.79 Å². The van der Waals surface area contributed by atoms with Crippen molar-refractivity contribution < 1.29 is 4.79 Å². The molecule has 21 heavy (non-hydrogen) atoms. The number of benzene rings is 2. The molecule has 1 aliphatic carbocycles. The lowest BCUT2D eigenvalue weighted by molar-refractivity contribution is 0.232. The van der Waals surface area contributed by atoms with Crippen molar-refractivity contribution in [3.8, 4) is 0 Å². The van der Waals surface area contributed by atoms with Gasteiger partial charge in [-0.25, -0.2) is 4.79 Å². The molecular formula is C18H20N2O. The molecule has 1 unspecified atom stereocenters. The van der Waals surface area contributed by atoms with Crippen LogP contribution in [0.15, 0.2) is 60.7 Å². The minimum Gasteiger partial charge on any atom is -0.332 e. The molecule has 2 amide bonds. The van der Waals surface area contributed by atoms with Crippen molar-refractivity contribution in [2.45, 2.75) is 31.3 Å². The number of hydrogen-bond donors (Lipinski definition) is 2. The molecule has 0 heterocycles. The Morgan fingerprint density at radius 2 is 1.57 bits per heavy atom. The molecule has 0 aliphatic heterocycles. The van der Waals surface area contributed by atoms with Crippen LogP contribution >= 0.6 is 0 Å². The summed E-state index contributed by atoms with van der Waals surface area (Å²) >= 11 is 0. The minimum absolute atomic E-state index is 0.00206. The maximum absolute atomic E-state index is 12.2. The Balaban J connectivity index is 1.62. The Labute approximate surface area is 125 Å². The molecule has 3 nitrogen and oxygen atoms in total. The highest BCUT2D eigenvalue weighted by atomic mass is 16.2. The molecule has 108 valence electrons. The third kappa shape index (κ3) is 3.07. The molecule has 0 aromatic heterocycles. The van der Waals surface area contributed by atoms with Crippen LogP contribution < -0.4 is 10.6 Å². The van der Waals surface area contributed by atoms with Crippen molar-refractivity contribution in [1.29, 1.82) is 0 Å². The number of carbonyl (C=O) groups excluding carboxylic acids is 1. The fourth-order valence-electron chi connectivity index (χ4n) is 2.64. The van der Waals surface area contributed by atoms with E-state index in [9.17, 15) is 4.79 Å². The molecule has 3 rings (SSSR count). The van der Waals surface area contributed by atoms with E-state index < -0.39 is 0 Å². The summed E-state index contributed by atoms with van der Waals surface area (Å²) in [6.07, 6.45) is 2.01. The normalized spacial score (nSPS) is 16.8. The summed E-state index contributed by atoms with van der Waals surface area (Å²) in [5, 5.41) is 6.15. The van der Waals surface area contributed by atoms with Crippen molar-refractivity contribution in [1.82, 2.24) is 10.6 Å². The standard InChI is InChI=1S/C18H20N2O/c1-14(15-8-4-2-5-9-15)19-17(21)20-18(12-13-18)16-10-6-3-7-11-16/h2-11,14H,12-13H2,1H3,(H2,19,20,21). The number of hydrogen-bond acceptors (Lipinski definition) is 1. The third-order valence-corrected chi connectivity index (χ3v) is 4.08. The zero-order valence-electron chi connectivity index (χ0n) is 12.2. The maximum Gasteiger partial charge on any atom is 0.315 e. The highest BCUT2D eigenvalue weighted by molar-refractivity contribution is 5.76. The van der Waals surface area contributed by atoms with E-state index in [1.165, 1.54) is 5.56 Å². The molecule has 0 saturated heterocycles. The van der Waals surface area contributed by atoms with Gasteiger partial charge >= 0.3 is 6.03 Å². The van der Waals surface area contributed by atoms with E-state index in [4.69, 9.17) is 0 Å². The monoisotopic (exact) mass is 280 g/mol. The van der Waals surface area contributed by atoms with Crippen molar-refractivity contribution >= 4 is 6.03 Å². The Bertz CT molecular complexity index is 606. The highest BCUT2D eigenvalue weighted by Gasteiger charge is 2.45. The molecule has 0 bridgehead atoms. The summed E-state index contributed by atoms with van der Waals surface area (Å²) in [5.74, 6) is 0. The topological polar surface area (TPSA) is 41.1 Å². The number of nitrogens with one attached hydrogen (secondary N) is 2. The SMILES string of the molecule is CC(NC(=O)NC1(c2ccccc2)CC1)c1ccccc1. The lowest BCUT2D eigenvalue weighted by Gasteiger charge is -2.21. The molecule has 1 saturated carbocycles. The number of carbonyl (C=O) groups is 1. The van der Waals surface area contributed by atoms with Gasteiger partial charge in [0.25, 0.3) is 0 Å². The van der Waals surface area contributed by atoms with Gasteiger partial charge in [0.05, 0.1) is 11.6 Å². The molecule has 1 fully saturated rings. The molecular weight excluding hydrogens is 260 g/mol. The van der Waals surface area contributed by atoms with E-state index in [1.807, 2.05) is 55.5 Å². The first-order valence-corrected chi connectivity index (χ1v) is 7.39. The van der Waals surface area contributed by atoms with Crippen LogP contribution in [0, 0.1) is 0 Å². The smallest absolute Gasteiger partial charge is 0.315 e. The Kier molecular flexibility index (Phi) is 3.65. The molecule has 1 atom stereocenters. The van der Waals surface area contributed by atoms with Crippen LogP contribution in [0.2, 0.25) is 0 Å². The van der Waals surface area contributed by atoms with Gasteiger partial charge in [-0.1, -0.05) is 60.7 Å². The first kappa shape index (κ1) is 13.7. The molecule has 2 aromatic carbocycles. The van der Waals surface area contributed by atoms with Gasteiger partial charge in [0.15, 0.2) is 0 Å². The summed E-state index contributed by atoms with van der Waals surface area (Å²) in [4.78, 5) is 12.2. The van der Waals surface area contributed by atoms with Gasteiger partial charge < -0.3 is 10.6 Å². The van der Waals surface area contributed by atoms with Crippen LogP contribution in [0.5, 0.6) is 0 Å². The van der Waals surface area contributed by atoms with E-state index >= 15 is 0 Å². The van der Waals surface area contributed by atoms with Crippen LogP contribution in [0.25, 0.3) is 0 Å². The average Bonchev–Trinajstić information content (AvgIpc) is 3.29. The van der Waals surface area contributed by atoms with E-state index in [2.05, 4.69) is 22.8 Å². The largest absolute Gasteiger partial charge is 0.332 e. The molecule has 0 spiro atoms. The van der Waals surface area contributed by atoms with Gasteiger partial charge in [0.2, 0.25) is 0 Å². The molecule has 0 radical (unpaired) electrons. The van der Waals surface area contributed by atoms with Gasteiger partial charge in [-0.2, -0.15) is 0 Å². The van der Waals surface area contributed by atoms with Crippen LogP contribution in [-0.2, 0) is 5.54 Å². The first-order valence-electron chi connectivity index (χ1n) is 7.39. The summed E-state index contributed by atoms with van der Waals surface area (Å²) in [5.41, 5.74) is 2.13. The molecule has 3 heteroatoms. The second kappa shape index (κ2) is 5.60. The summed E-state index contributed by atoms with van der Waals surface area (Å²) < 4.78 is 0. The van der Waals surface area contributed by atoms with Crippen molar-refractivity contribution in [3.63, 3.8) is 0 Å². The number of urea groups is 1. The van der Waals surface area contributed by atoms with E-state index in [0.29, 0.717) is 0 Å². The van der Waals surface area contributed by atoms with Crippen LogP contribution in [0.1, 0.15) is 36.9 Å². The second-order valence-electron chi connectivity index (χ2n) is 5.68. The lowest BCUT2D eigenvalue weighted by Crippen LogP contribution is -2.43. The second-order valence-corrected chi connectivity index (χ2v) is 5.68. The fraction of sp³-hybridized carbons (Fsp3) is 0.278. The van der Waals surface area contributed by atoms with Crippen LogP contribution in [-0.4, -0.2) is 6.03 Å². The van der Waals surface area contributed by atoms with Gasteiger partial charge in [-0.3, -0.25) is 0 Å².